The third-order valence-electron chi connectivity index (χ3n) is 3.02. The lowest BCUT2D eigenvalue weighted by atomic mass is 10.3. The Balaban J connectivity index is 2.21. The molecule has 1 heterocycles. The second kappa shape index (κ2) is 7.56. The van der Waals surface area contributed by atoms with Gasteiger partial charge in [0.15, 0.2) is 9.84 Å². The van der Waals surface area contributed by atoms with Gasteiger partial charge >= 0.3 is 0 Å². The van der Waals surface area contributed by atoms with Crippen molar-refractivity contribution >= 4 is 19.9 Å². The van der Waals surface area contributed by atoms with Crippen LogP contribution in [0, 0.1) is 0 Å². The molecule has 1 aliphatic rings. The van der Waals surface area contributed by atoms with Gasteiger partial charge < -0.3 is 5.32 Å². The summed E-state index contributed by atoms with van der Waals surface area (Å²) in [5.41, 5.74) is 0. The first-order valence-electron chi connectivity index (χ1n) is 6.76. The van der Waals surface area contributed by atoms with Gasteiger partial charge in [-0.1, -0.05) is 6.92 Å². The summed E-state index contributed by atoms with van der Waals surface area (Å²) in [6.07, 6.45) is 2.85. The van der Waals surface area contributed by atoms with E-state index in [4.69, 9.17) is 0 Å². The molecule has 1 unspecified atom stereocenters. The summed E-state index contributed by atoms with van der Waals surface area (Å²) in [6, 6.07) is -0.437. The number of sulfonamides is 1. The van der Waals surface area contributed by atoms with Crippen LogP contribution in [0.3, 0.4) is 0 Å². The van der Waals surface area contributed by atoms with E-state index in [1.54, 1.807) is 0 Å². The Kier molecular flexibility index (Phi) is 6.72. The second-order valence-electron chi connectivity index (χ2n) is 4.99. The van der Waals surface area contributed by atoms with E-state index in [1.807, 2.05) is 0 Å². The Morgan fingerprint density at radius 3 is 2.53 bits per heavy atom. The zero-order valence-corrected chi connectivity index (χ0v) is 13.0. The molecule has 0 saturated carbocycles. The van der Waals surface area contributed by atoms with Crippen LogP contribution in [0.2, 0.25) is 0 Å². The zero-order valence-electron chi connectivity index (χ0n) is 11.4. The van der Waals surface area contributed by atoms with Crippen molar-refractivity contribution in [3.05, 3.63) is 0 Å². The van der Waals surface area contributed by atoms with Crippen LogP contribution in [0.1, 0.15) is 32.6 Å². The van der Waals surface area contributed by atoms with Crippen LogP contribution < -0.4 is 10.0 Å². The minimum atomic E-state index is -3.35. The summed E-state index contributed by atoms with van der Waals surface area (Å²) in [5.74, 6) is 0.0861. The lowest BCUT2D eigenvalue weighted by Gasteiger charge is -2.11. The molecule has 0 aliphatic carbocycles. The van der Waals surface area contributed by atoms with Crippen molar-refractivity contribution in [2.75, 3.05) is 30.3 Å². The molecule has 1 saturated heterocycles. The predicted molar refractivity (Wildman–Crippen MR) is 76.4 cm³/mol. The maximum Gasteiger partial charge on any atom is 0.211 e. The van der Waals surface area contributed by atoms with Crippen molar-refractivity contribution < 1.29 is 16.8 Å². The maximum absolute atomic E-state index is 11.8. The van der Waals surface area contributed by atoms with Crippen molar-refractivity contribution in [2.24, 2.45) is 0 Å². The van der Waals surface area contributed by atoms with Gasteiger partial charge in [-0.25, -0.2) is 21.6 Å². The fourth-order valence-electron chi connectivity index (χ4n) is 2.04. The Hall–Kier alpha value is -0.180. The van der Waals surface area contributed by atoms with Gasteiger partial charge in [0.25, 0.3) is 0 Å². The SMILES string of the molecule is CCCNCCCCS(=O)(=O)NC1CCS(=O)(=O)C1. The molecule has 1 rings (SSSR count). The maximum atomic E-state index is 11.8. The largest absolute Gasteiger partial charge is 0.317 e. The molecule has 2 N–H and O–H groups in total. The van der Waals surface area contributed by atoms with Crippen LogP contribution in [0.5, 0.6) is 0 Å². The standard InChI is InChI=1S/C11H24N2O4S2/c1-2-6-12-7-3-4-8-19(16,17)13-11-5-9-18(14,15)10-11/h11-13H,2-10H2,1H3. The summed E-state index contributed by atoms with van der Waals surface area (Å²) in [7, 11) is -6.39. The van der Waals surface area contributed by atoms with E-state index in [1.165, 1.54) is 0 Å². The first kappa shape index (κ1) is 16.9. The lowest BCUT2D eigenvalue weighted by Crippen LogP contribution is -2.37. The van der Waals surface area contributed by atoms with Crippen molar-refractivity contribution in [3.8, 4) is 0 Å². The lowest BCUT2D eigenvalue weighted by molar-refractivity contribution is 0.556. The van der Waals surface area contributed by atoms with E-state index in [-0.39, 0.29) is 17.3 Å². The van der Waals surface area contributed by atoms with Gasteiger partial charge in [0.2, 0.25) is 10.0 Å². The van der Waals surface area contributed by atoms with Crippen molar-refractivity contribution in [2.45, 2.75) is 38.6 Å². The average Bonchev–Trinajstić information content (AvgIpc) is 2.62. The highest BCUT2D eigenvalue weighted by Gasteiger charge is 2.30. The summed E-state index contributed by atoms with van der Waals surface area (Å²) < 4.78 is 48.5. The highest BCUT2D eigenvalue weighted by Crippen LogP contribution is 2.12. The van der Waals surface area contributed by atoms with Gasteiger partial charge in [-0.05, 0) is 38.8 Å². The van der Waals surface area contributed by atoms with Gasteiger partial charge in [-0.3, -0.25) is 0 Å². The number of rotatable bonds is 9. The minimum absolute atomic E-state index is 0.0652. The van der Waals surface area contributed by atoms with Gasteiger partial charge in [0, 0.05) is 6.04 Å². The first-order chi connectivity index (χ1) is 8.85. The summed E-state index contributed by atoms with van der Waals surface area (Å²) in [4.78, 5) is 0. The third-order valence-corrected chi connectivity index (χ3v) is 6.31. The number of unbranched alkanes of at least 4 members (excludes halogenated alkanes) is 1. The molecule has 0 spiro atoms. The van der Waals surface area contributed by atoms with E-state index in [2.05, 4.69) is 17.0 Å². The summed E-state index contributed by atoms with van der Waals surface area (Å²) >= 11 is 0. The molecule has 1 fully saturated rings. The van der Waals surface area contributed by atoms with E-state index in [9.17, 15) is 16.8 Å². The molecule has 1 aliphatic heterocycles. The molecule has 0 amide bonds. The fraction of sp³-hybridized carbons (Fsp3) is 1.00. The number of hydrogen-bond acceptors (Lipinski definition) is 5. The Morgan fingerprint density at radius 1 is 1.21 bits per heavy atom. The second-order valence-corrected chi connectivity index (χ2v) is 9.10. The van der Waals surface area contributed by atoms with Crippen molar-refractivity contribution in [1.29, 1.82) is 0 Å². The molecule has 0 aromatic carbocycles. The molecular formula is C11H24N2O4S2. The third kappa shape index (κ3) is 7.24. The fourth-order valence-corrected chi connectivity index (χ4v) is 5.23. The molecule has 0 bridgehead atoms. The van der Waals surface area contributed by atoms with E-state index in [0.29, 0.717) is 12.8 Å². The van der Waals surface area contributed by atoms with Crippen molar-refractivity contribution in [1.82, 2.24) is 10.0 Å². The summed E-state index contributed by atoms with van der Waals surface area (Å²) in [6.45, 7) is 3.85. The molecular weight excluding hydrogens is 288 g/mol. The van der Waals surface area contributed by atoms with Crippen molar-refractivity contribution in [3.63, 3.8) is 0 Å². The molecule has 6 nitrogen and oxygen atoms in total. The molecule has 1 atom stereocenters. The van der Waals surface area contributed by atoms with E-state index < -0.39 is 25.9 Å². The van der Waals surface area contributed by atoms with Crippen LogP contribution in [-0.4, -0.2) is 53.2 Å². The van der Waals surface area contributed by atoms with Crippen LogP contribution >= 0.6 is 0 Å². The van der Waals surface area contributed by atoms with Crippen LogP contribution in [-0.2, 0) is 19.9 Å². The van der Waals surface area contributed by atoms with Crippen LogP contribution in [0.15, 0.2) is 0 Å². The van der Waals surface area contributed by atoms with Crippen LogP contribution in [0.4, 0.5) is 0 Å². The first-order valence-corrected chi connectivity index (χ1v) is 10.2. The molecule has 19 heavy (non-hydrogen) atoms. The number of hydrogen-bond donors (Lipinski definition) is 2. The molecule has 8 heteroatoms. The number of nitrogens with one attached hydrogen (secondary N) is 2. The van der Waals surface area contributed by atoms with Gasteiger partial charge in [0.05, 0.1) is 17.3 Å². The van der Waals surface area contributed by atoms with E-state index >= 15 is 0 Å². The van der Waals surface area contributed by atoms with Gasteiger partial charge in [-0.15, -0.1) is 0 Å². The topological polar surface area (TPSA) is 92.3 Å². The quantitative estimate of drug-likeness (QED) is 0.579. The normalized spacial score (nSPS) is 22.7. The molecule has 0 aromatic heterocycles. The Labute approximate surface area is 116 Å². The Morgan fingerprint density at radius 2 is 1.95 bits per heavy atom. The minimum Gasteiger partial charge on any atom is -0.317 e. The average molecular weight is 312 g/mol. The predicted octanol–water partition coefficient (Wildman–Crippen LogP) is -0.127. The smallest absolute Gasteiger partial charge is 0.211 e. The number of sulfone groups is 1. The zero-order chi connectivity index (χ0) is 14.4. The highest BCUT2D eigenvalue weighted by atomic mass is 32.2. The monoisotopic (exact) mass is 312 g/mol. The molecule has 0 radical (unpaired) electrons. The van der Waals surface area contributed by atoms with Crippen LogP contribution in [0.25, 0.3) is 0 Å². The Bertz CT molecular complexity index is 459. The van der Waals surface area contributed by atoms with Gasteiger partial charge in [0.1, 0.15) is 0 Å². The molecule has 0 aromatic rings. The molecule has 114 valence electrons. The van der Waals surface area contributed by atoms with E-state index in [0.717, 1.165) is 25.9 Å². The van der Waals surface area contributed by atoms with Gasteiger partial charge in [-0.2, -0.15) is 0 Å². The summed E-state index contributed by atoms with van der Waals surface area (Å²) in [5, 5.41) is 3.21. The highest BCUT2D eigenvalue weighted by molar-refractivity contribution is 7.92.